The fraction of sp³-hybridized carbons (Fsp3) is 0.615. The minimum absolute atomic E-state index is 0.382. The fourth-order valence-corrected chi connectivity index (χ4v) is 1.49. The highest BCUT2D eigenvalue weighted by Gasteiger charge is 2.07. The molecule has 1 radical (unpaired) electrons. The Balaban J connectivity index is 2.05. The Morgan fingerprint density at radius 2 is 2.27 bits per heavy atom. The third-order valence-corrected chi connectivity index (χ3v) is 2.36. The van der Waals surface area contributed by atoms with Crippen LogP contribution in [0.4, 0.5) is 0 Å². The van der Waals surface area contributed by atoms with E-state index in [0.29, 0.717) is 11.8 Å². The SMILES string of the molecule is [CH2]C(C)COCCCC(C)c1ccco1. The second kappa shape index (κ2) is 6.67. The lowest BCUT2D eigenvalue weighted by molar-refractivity contribution is 0.111. The van der Waals surface area contributed by atoms with Crippen molar-refractivity contribution in [3.05, 3.63) is 31.1 Å². The molecule has 0 aliphatic rings. The average molecular weight is 209 g/mol. The quantitative estimate of drug-likeness (QED) is 0.639. The van der Waals surface area contributed by atoms with Gasteiger partial charge in [0, 0.05) is 19.1 Å². The Kier molecular flexibility index (Phi) is 5.48. The molecule has 0 aromatic carbocycles. The molecule has 15 heavy (non-hydrogen) atoms. The molecule has 0 spiro atoms. The topological polar surface area (TPSA) is 22.4 Å². The second-order valence-electron chi connectivity index (χ2n) is 4.24. The van der Waals surface area contributed by atoms with Crippen LogP contribution in [0.15, 0.2) is 22.8 Å². The number of ether oxygens (including phenoxy) is 1. The lowest BCUT2D eigenvalue weighted by Crippen LogP contribution is -2.04. The maximum absolute atomic E-state index is 5.47. The van der Waals surface area contributed by atoms with E-state index >= 15 is 0 Å². The third-order valence-electron chi connectivity index (χ3n) is 2.36. The van der Waals surface area contributed by atoms with E-state index in [-0.39, 0.29) is 0 Å². The first kappa shape index (κ1) is 12.3. The summed E-state index contributed by atoms with van der Waals surface area (Å²) in [5, 5.41) is 0. The predicted molar refractivity (Wildman–Crippen MR) is 61.7 cm³/mol. The highest BCUT2D eigenvalue weighted by atomic mass is 16.5. The molecule has 1 rings (SSSR count). The van der Waals surface area contributed by atoms with E-state index in [1.807, 2.05) is 12.1 Å². The van der Waals surface area contributed by atoms with Crippen LogP contribution in [0.2, 0.25) is 0 Å². The van der Waals surface area contributed by atoms with Crippen LogP contribution >= 0.6 is 0 Å². The summed E-state index contributed by atoms with van der Waals surface area (Å²) in [5.74, 6) is 1.94. The molecule has 0 aliphatic carbocycles. The molecule has 2 nitrogen and oxygen atoms in total. The molecule has 0 fully saturated rings. The Morgan fingerprint density at radius 3 is 2.87 bits per heavy atom. The van der Waals surface area contributed by atoms with Crippen LogP contribution < -0.4 is 0 Å². The monoisotopic (exact) mass is 209 g/mol. The minimum Gasteiger partial charge on any atom is -0.469 e. The summed E-state index contributed by atoms with van der Waals surface area (Å²) in [4.78, 5) is 0. The molecule has 2 heteroatoms. The van der Waals surface area contributed by atoms with Gasteiger partial charge < -0.3 is 9.15 Å². The van der Waals surface area contributed by atoms with Crippen molar-refractivity contribution in [3.63, 3.8) is 0 Å². The van der Waals surface area contributed by atoms with Crippen LogP contribution in [-0.4, -0.2) is 13.2 Å². The first-order valence-electron chi connectivity index (χ1n) is 5.64. The van der Waals surface area contributed by atoms with Crippen LogP contribution in [0.5, 0.6) is 0 Å². The van der Waals surface area contributed by atoms with Crippen LogP contribution in [0, 0.1) is 12.8 Å². The van der Waals surface area contributed by atoms with Crippen LogP contribution in [0.1, 0.15) is 38.4 Å². The van der Waals surface area contributed by atoms with Crippen LogP contribution in [-0.2, 0) is 4.74 Å². The highest BCUT2D eigenvalue weighted by molar-refractivity contribution is 5.03. The van der Waals surface area contributed by atoms with Gasteiger partial charge in [-0.15, -0.1) is 0 Å². The minimum atomic E-state index is 0.382. The molecule has 1 heterocycles. The van der Waals surface area contributed by atoms with E-state index in [1.54, 1.807) is 6.26 Å². The van der Waals surface area contributed by atoms with Crippen LogP contribution in [0.25, 0.3) is 0 Å². The number of rotatable bonds is 7. The number of hydrogen-bond donors (Lipinski definition) is 0. The van der Waals surface area contributed by atoms with E-state index in [1.165, 1.54) is 0 Å². The van der Waals surface area contributed by atoms with Crippen molar-refractivity contribution in [1.82, 2.24) is 0 Å². The van der Waals surface area contributed by atoms with Crippen molar-refractivity contribution >= 4 is 0 Å². The normalized spacial score (nSPS) is 13.3. The third kappa shape index (κ3) is 5.03. The molecule has 0 amide bonds. The molecule has 0 saturated heterocycles. The lowest BCUT2D eigenvalue weighted by atomic mass is 10.0. The molecule has 2 unspecified atom stereocenters. The van der Waals surface area contributed by atoms with Gasteiger partial charge in [0.2, 0.25) is 0 Å². The molecular formula is C13H21O2. The van der Waals surface area contributed by atoms with Gasteiger partial charge in [0.15, 0.2) is 0 Å². The lowest BCUT2D eigenvalue weighted by Gasteiger charge is -2.09. The molecule has 85 valence electrons. The van der Waals surface area contributed by atoms with Gasteiger partial charge in [0.05, 0.1) is 6.26 Å². The summed E-state index contributed by atoms with van der Waals surface area (Å²) >= 11 is 0. The maximum atomic E-state index is 5.47. The van der Waals surface area contributed by atoms with E-state index in [0.717, 1.165) is 31.8 Å². The van der Waals surface area contributed by atoms with Gasteiger partial charge in [0.25, 0.3) is 0 Å². The van der Waals surface area contributed by atoms with Crippen molar-refractivity contribution in [2.75, 3.05) is 13.2 Å². The van der Waals surface area contributed by atoms with E-state index in [4.69, 9.17) is 9.15 Å². The van der Waals surface area contributed by atoms with Gasteiger partial charge in [-0.25, -0.2) is 0 Å². The van der Waals surface area contributed by atoms with Crippen molar-refractivity contribution in [2.45, 2.75) is 32.6 Å². The largest absolute Gasteiger partial charge is 0.469 e. The Hall–Kier alpha value is -0.760. The van der Waals surface area contributed by atoms with Gasteiger partial charge in [-0.05, 0) is 37.8 Å². The zero-order valence-corrected chi connectivity index (χ0v) is 9.74. The molecule has 0 bridgehead atoms. The maximum Gasteiger partial charge on any atom is 0.106 e. The molecule has 0 aliphatic heterocycles. The first-order chi connectivity index (χ1) is 7.20. The number of hydrogen-bond acceptors (Lipinski definition) is 2. The van der Waals surface area contributed by atoms with Gasteiger partial charge >= 0.3 is 0 Å². The van der Waals surface area contributed by atoms with Crippen molar-refractivity contribution in [1.29, 1.82) is 0 Å². The van der Waals surface area contributed by atoms with E-state index in [9.17, 15) is 0 Å². The summed E-state index contributed by atoms with van der Waals surface area (Å²) in [6.07, 6.45) is 3.92. The standard InChI is InChI=1S/C13H21O2/c1-11(2)10-14-8-4-6-12(3)13-7-5-9-15-13/h5,7,9,11-12H,1,4,6,8,10H2,2-3H3. The highest BCUT2D eigenvalue weighted by Crippen LogP contribution is 2.20. The summed E-state index contributed by atoms with van der Waals surface area (Å²) in [6.45, 7) is 9.70. The van der Waals surface area contributed by atoms with Crippen molar-refractivity contribution in [2.24, 2.45) is 5.92 Å². The van der Waals surface area contributed by atoms with Crippen molar-refractivity contribution < 1.29 is 9.15 Å². The predicted octanol–water partition coefficient (Wildman–Crippen LogP) is 3.65. The molecule has 0 N–H and O–H groups in total. The molecule has 1 aromatic heterocycles. The first-order valence-corrected chi connectivity index (χ1v) is 5.64. The summed E-state index contributed by atoms with van der Waals surface area (Å²) in [5.41, 5.74) is 0. The molecule has 2 atom stereocenters. The second-order valence-corrected chi connectivity index (χ2v) is 4.24. The smallest absolute Gasteiger partial charge is 0.106 e. The van der Waals surface area contributed by atoms with Gasteiger partial charge in [0.1, 0.15) is 5.76 Å². The zero-order chi connectivity index (χ0) is 11.1. The Morgan fingerprint density at radius 1 is 1.47 bits per heavy atom. The Bertz CT molecular complexity index is 239. The van der Waals surface area contributed by atoms with E-state index < -0.39 is 0 Å². The fourth-order valence-electron chi connectivity index (χ4n) is 1.49. The van der Waals surface area contributed by atoms with Gasteiger partial charge in [-0.2, -0.15) is 0 Å². The summed E-state index contributed by atoms with van der Waals surface area (Å²) in [6, 6.07) is 3.97. The van der Waals surface area contributed by atoms with Gasteiger partial charge in [-0.1, -0.05) is 13.8 Å². The van der Waals surface area contributed by atoms with Crippen molar-refractivity contribution in [3.8, 4) is 0 Å². The average Bonchev–Trinajstić information content (AvgIpc) is 2.69. The number of furan rings is 1. The zero-order valence-electron chi connectivity index (χ0n) is 9.74. The van der Waals surface area contributed by atoms with Crippen LogP contribution in [0.3, 0.4) is 0 Å². The van der Waals surface area contributed by atoms with Gasteiger partial charge in [-0.3, -0.25) is 0 Å². The summed E-state index contributed by atoms with van der Waals surface area (Å²) in [7, 11) is 0. The van der Waals surface area contributed by atoms with E-state index in [2.05, 4.69) is 20.8 Å². The molecule has 0 saturated carbocycles. The molecular weight excluding hydrogens is 188 g/mol. The molecule has 1 aromatic rings. The summed E-state index contributed by atoms with van der Waals surface area (Å²) < 4.78 is 10.8. The Labute approximate surface area is 92.6 Å².